The Bertz CT molecular complexity index is 959. The van der Waals surface area contributed by atoms with Crippen molar-refractivity contribution in [2.24, 2.45) is 0 Å². The van der Waals surface area contributed by atoms with Gasteiger partial charge in [-0.1, -0.05) is 59.2 Å². The normalized spacial score (nSPS) is 12.0. The smallest absolute Gasteiger partial charge is 0.253 e. The zero-order chi connectivity index (χ0) is 20.1. The van der Waals surface area contributed by atoms with Gasteiger partial charge in [0.15, 0.2) is 11.0 Å². The summed E-state index contributed by atoms with van der Waals surface area (Å²) in [5.41, 5.74) is 1.59. The van der Waals surface area contributed by atoms with E-state index in [1.165, 1.54) is 0 Å². The lowest BCUT2D eigenvalue weighted by atomic mass is 10.2. The van der Waals surface area contributed by atoms with Crippen molar-refractivity contribution >= 4 is 40.9 Å². The van der Waals surface area contributed by atoms with Crippen LogP contribution in [-0.2, 0) is 12.3 Å². The van der Waals surface area contributed by atoms with Gasteiger partial charge in [-0.05, 0) is 43.7 Å². The highest BCUT2D eigenvalue weighted by molar-refractivity contribution is 7.98. The molecule has 0 aliphatic carbocycles. The van der Waals surface area contributed by atoms with Crippen LogP contribution in [-0.4, -0.2) is 20.7 Å². The molecule has 1 heterocycles. The summed E-state index contributed by atoms with van der Waals surface area (Å²) >= 11 is 13.6. The van der Waals surface area contributed by atoms with E-state index < -0.39 is 0 Å². The topological polar surface area (TPSA) is 59.8 Å². The van der Waals surface area contributed by atoms with Crippen molar-refractivity contribution in [1.82, 2.24) is 20.1 Å². The number of thioether (sulfide) groups is 1. The molecule has 2 aromatic carbocycles. The first-order valence-electron chi connectivity index (χ1n) is 8.85. The Hall–Kier alpha value is -2.02. The van der Waals surface area contributed by atoms with Gasteiger partial charge < -0.3 is 9.88 Å². The summed E-state index contributed by atoms with van der Waals surface area (Å²) in [5, 5.41) is 13.5. The van der Waals surface area contributed by atoms with Crippen molar-refractivity contribution in [3.63, 3.8) is 0 Å². The minimum absolute atomic E-state index is 0.237. The molecule has 0 bridgehead atoms. The Balaban J connectivity index is 1.70. The molecule has 1 N–H and O–H groups in total. The number of nitrogens with zero attached hydrogens (tertiary/aromatic N) is 3. The fourth-order valence-corrected chi connectivity index (χ4v) is 4.05. The molecule has 1 amide bonds. The van der Waals surface area contributed by atoms with Crippen LogP contribution < -0.4 is 5.32 Å². The third-order valence-electron chi connectivity index (χ3n) is 4.20. The van der Waals surface area contributed by atoms with Crippen LogP contribution in [0.25, 0.3) is 0 Å². The molecule has 0 aliphatic heterocycles. The first kappa shape index (κ1) is 20.7. The fraction of sp³-hybridized carbons (Fsp3) is 0.250. The van der Waals surface area contributed by atoms with Crippen LogP contribution >= 0.6 is 35.0 Å². The van der Waals surface area contributed by atoms with Crippen molar-refractivity contribution < 1.29 is 4.79 Å². The van der Waals surface area contributed by atoms with E-state index in [9.17, 15) is 4.79 Å². The minimum atomic E-state index is -0.305. The van der Waals surface area contributed by atoms with Gasteiger partial charge in [0.25, 0.3) is 5.91 Å². The molecule has 0 saturated heterocycles. The molecule has 8 heteroatoms. The van der Waals surface area contributed by atoms with E-state index in [0.717, 1.165) is 21.5 Å². The Kier molecular flexibility index (Phi) is 6.99. The van der Waals surface area contributed by atoms with Crippen molar-refractivity contribution in [3.05, 3.63) is 75.5 Å². The third kappa shape index (κ3) is 4.87. The van der Waals surface area contributed by atoms with Crippen LogP contribution in [0.1, 0.15) is 41.6 Å². The van der Waals surface area contributed by atoms with Gasteiger partial charge in [-0.3, -0.25) is 4.79 Å². The minimum Gasteiger partial charge on any atom is -0.342 e. The zero-order valence-corrected chi connectivity index (χ0v) is 17.9. The molecule has 5 nitrogen and oxygen atoms in total. The van der Waals surface area contributed by atoms with Gasteiger partial charge in [0.1, 0.15) is 0 Å². The lowest BCUT2D eigenvalue weighted by Crippen LogP contribution is -2.29. The van der Waals surface area contributed by atoms with Crippen molar-refractivity contribution in [2.75, 3.05) is 0 Å². The highest BCUT2D eigenvalue weighted by Gasteiger charge is 2.20. The number of nitrogens with one attached hydrogen (secondary N) is 1. The summed E-state index contributed by atoms with van der Waals surface area (Å²) in [4.78, 5) is 12.5. The summed E-state index contributed by atoms with van der Waals surface area (Å²) in [5.74, 6) is 1.23. The van der Waals surface area contributed by atoms with Gasteiger partial charge in [-0.2, -0.15) is 0 Å². The Morgan fingerprint density at radius 3 is 2.54 bits per heavy atom. The molecule has 0 radical (unpaired) electrons. The summed E-state index contributed by atoms with van der Waals surface area (Å²) in [6.45, 7) is 4.62. The maximum Gasteiger partial charge on any atom is 0.253 e. The van der Waals surface area contributed by atoms with Crippen molar-refractivity contribution in [1.29, 1.82) is 0 Å². The van der Waals surface area contributed by atoms with Gasteiger partial charge in [-0.25, -0.2) is 0 Å². The maximum absolute atomic E-state index is 12.5. The number of aromatic nitrogens is 3. The largest absolute Gasteiger partial charge is 0.342 e. The van der Waals surface area contributed by atoms with Crippen LogP contribution in [0, 0.1) is 0 Å². The molecule has 146 valence electrons. The van der Waals surface area contributed by atoms with E-state index in [0.29, 0.717) is 23.0 Å². The quantitative estimate of drug-likeness (QED) is 0.506. The average molecular weight is 435 g/mol. The van der Waals surface area contributed by atoms with Gasteiger partial charge in [0.05, 0.1) is 16.6 Å². The van der Waals surface area contributed by atoms with E-state index in [1.54, 1.807) is 36.0 Å². The van der Waals surface area contributed by atoms with Crippen LogP contribution in [0.15, 0.2) is 53.7 Å². The monoisotopic (exact) mass is 434 g/mol. The number of carbonyl (C=O) groups excluding carboxylic acids is 1. The number of hydrogen-bond acceptors (Lipinski definition) is 4. The SMILES string of the molecule is CCn1c(SCc2ccc(Cl)cc2)nnc1[C@@H](C)NC(=O)c1ccccc1Cl. The molecule has 0 saturated carbocycles. The highest BCUT2D eigenvalue weighted by atomic mass is 35.5. The van der Waals surface area contributed by atoms with Gasteiger partial charge in [0.2, 0.25) is 0 Å². The number of halogens is 2. The van der Waals surface area contributed by atoms with Crippen LogP contribution in [0.3, 0.4) is 0 Å². The van der Waals surface area contributed by atoms with Crippen LogP contribution in [0.2, 0.25) is 10.0 Å². The van der Waals surface area contributed by atoms with Crippen LogP contribution in [0.5, 0.6) is 0 Å². The lowest BCUT2D eigenvalue weighted by molar-refractivity contribution is 0.0937. The molecular weight excluding hydrogens is 415 g/mol. The second kappa shape index (κ2) is 9.45. The first-order chi connectivity index (χ1) is 13.5. The van der Waals surface area contributed by atoms with E-state index in [1.807, 2.05) is 42.7 Å². The Labute approximate surface area is 178 Å². The van der Waals surface area contributed by atoms with E-state index in [-0.39, 0.29) is 11.9 Å². The molecular formula is C20H20Cl2N4OS. The van der Waals surface area contributed by atoms with E-state index in [4.69, 9.17) is 23.2 Å². The lowest BCUT2D eigenvalue weighted by Gasteiger charge is -2.15. The molecule has 3 aromatic rings. The number of hydrogen-bond donors (Lipinski definition) is 1. The van der Waals surface area contributed by atoms with E-state index >= 15 is 0 Å². The second-order valence-corrected chi connectivity index (χ2v) is 7.96. The second-order valence-electron chi connectivity index (χ2n) is 6.18. The summed E-state index contributed by atoms with van der Waals surface area (Å²) in [6, 6.07) is 14.4. The van der Waals surface area contributed by atoms with Gasteiger partial charge in [-0.15, -0.1) is 10.2 Å². The molecule has 1 aromatic heterocycles. The number of benzene rings is 2. The highest BCUT2D eigenvalue weighted by Crippen LogP contribution is 2.25. The Morgan fingerprint density at radius 1 is 1.14 bits per heavy atom. The molecule has 3 rings (SSSR count). The number of rotatable bonds is 7. The predicted octanol–water partition coefficient (Wildman–Crippen LogP) is 5.39. The molecule has 0 unspecified atom stereocenters. The number of carbonyl (C=O) groups is 1. The summed E-state index contributed by atoms with van der Waals surface area (Å²) < 4.78 is 2.01. The predicted molar refractivity (Wildman–Crippen MR) is 114 cm³/mol. The first-order valence-corrected chi connectivity index (χ1v) is 10.6. The molecule has 28 heavy (non-hydrogen) atoms. The third-order valence-corrected chi connectivity index (χ3v) is 5.82. The maximum atomic E-state index is 12.5. The van der Waals surface area contributed by atoms with Gasteiger partial charge >= 0.3 is 0 Å². The van der Waals surface area contributed by atoms with Gasteiger partial charge in [0, 0.05) is 17.3 Å². The summed E-state index contributed by atoms with van der Waals surface area (Å²) in [6.07, 6.45) is 0. The fourth-order valence-electron chi connectivity index (χ4n) is 2.74. The zero-order valence-electron chi connectivity index (χ0n) is 15.5. The molecule has 0 fully saturated rings. The standard InChI is InChI=1S/C20H20Cl2N4OS/c1-3-26-18(13(2)23-19(27)16-6-4-5-7-17(16)22)24-25-20(26)28-12-14-8-10-15(21)11-9-14/h4-11,13H,3,12H2,1-2H3,(H,23,27)/t13-/m1/s1. The number of amides is 1. The van der Waals surface area contributed by atoms with Crippen molar-refractivity contribution in [2.45, 2.75) is 37.3 Å². The Morgan fingerprint density at radius 2 is 1.86 bits per heavy atom. The van der Waals surface area contributed by atoms with Crippen molar-refractivity contribution in [3.8, 4) is 0 Å². The molecule has 1 atom stereocenters. The molecule has 0 spiro atoms. The molecule has 0 aliphatic rings. The summed E-state index contributed by atoms with van der Waals surface area (Å²) in [7, 11) is 0. The van der Waals surface area contributed by atoms with Crippen LogP contribution in [0.4, 0.5) is 0 Å². The average Bonchev–Trinajstić information content (AvgIpc) is 3.11. The van der Waals surface area contributed by atoms with E-state index in [2.05, 4.69) is 15.5 Å².